The highest BCUT2D eigenvalue weighted by Crippen LogP contribution is 2.31. The number of hydrazine groups is 1. The van der Waals surface area contributed by atoms with E-state index in [1.807, 2.05) is 23.9 Å². The fourth-order valence-electron chi connectivity index (χ4n) is 1.31. The number of thioether (sulfide) groups is 1. The van der Waals surface area contributed by atoms with Crippen molar-refractivity contribution >= 4 is 35.0 Å². The molecule has 0 bridgehead atoms. The van der Waals surface area contributed by atoms with E-state index in [9.17, 15) is 0 Å². The van der Waals surface area contributed by atoms with E-state index < -0.39 is 0 Å². The number of nitrogens with two attached hydrogens (primary N) is 1. The van der Waals surface area contributed by atoms with Crippen LogP contribution in [0, 0.1) is 0 Å². The van der Waals surface area contributed by atoms with Gasteiger partial charge in [-0.2, -0.15) is 11.8 Å². The Hall–Kier alpha value is 0.0700. The van der Waals surface area contributed by atoms with E-state index in [1.165, 1.54) is 0 Å². The van der Waals surface area contributed by atoms with Crippen molar-refractivity contribution in [3.05, 3.63) is 33.8 Å². The number of halogens is 2. The van der Waals surface area contributed by atoms with Gasteiger partial charge >= 0.3 is 0 Å². The number of nitrogens with one attached hydrogen (secondary N) is 1. The van der Waals surface area contributed by atoms with E-state index in [0.717, 1.165) is 11.3 Å². The van der Waals surface area contributed by atoms with Gasteiger partial charge in [0.15, 0.2) is 0 Å². The van der Waals surface area contributed by atoms with Gasteiger partial charge in [-0.1, -0.05) is 49.2 Å². The molecule has 0 amide bonds. The van der Waals surface area contributed by atoms with E-state index in [1.54, 1.807) is 6.07 Å². The first kappa shape index (κ1) is 14.1. The Morgan fingerprint density at radius 3 is 2.62 bits per heavy atom. The second kappa shape index (κ2) is 6.72. The zero-order valence-electron chi connectivity index (χ0n) is 9.34. The fraction of sp³-hybridized carbons (Fsp3) is 0.455. The van der Waals surface area contributed by atoms with Gasteiger partial charge < -0.3 is 0 Å². The molecular weight excluding hydrogens is 263 g/mol. The molecule has 1 aromatic carbocycles. The lowest BCUT2D eigenvalue weighted by atomic mass is 10.1. The van der Waals surface area contributed by atoms with Crippen molar-refractivity contribution in [1.82, 2.24) is 5.43 Å². The molecule has 90 valence electrons. The molecule has 1 atom stereocenters. The Morgan fingerprint density at radius 1 is 1.38 bits per heavy atom. The van der Waals surface area contributed by atoms with Crippen molar-refractivity contribution in [3.8, 4) is 0 Å². The highest BCUT2D eigenvalue weighted by molar-refractivity contribution is 7.99. The molecule has 0 aromatic heterocycles. The maximum Gasteiger partial charge on any atom is 0.0640 e. The van der Waals surface area contributed by atoms with Gasteiger partial charge in [0.1, 0.15) is 0 Å². The molecule has 0 aliphatic rings. The van der Waals surface area contributed by atoms with Gasteiger partial charge in [0.25, 0.3) is 0 Å². The predicted octanol–water partition coefficient (Wildman–Crippen LogP) is 3.64. The van der Waals surface area contributed by atoms with Crippen molar-refractivity contribution in [3.63, 3.8) is 0 Å². The molecule has 2 nitrogen and oxygen atoms in total. The van der Waals surface area contributed by atoms with Crippen LogP contribution in [0.2, 0.25) is 10.0 Å². The number of rotatable bonds is 5. The Morgan fingerprint density at radius 2 is 2.06 bits per heavy atom. The van der Waals surface area contributed by atoms with Crippen molar-refractivity contribution in [2.24, 2.45) is 5.84 Å². The Balaban J connectivity index is 2.82. The summed E-state index contributed by atoms with van der Waals surface area (Å²) in [6, 6.07) is 5.63. The summed E-state index contributed by atoms with van der Waals surface area (Å²) in [4.78, 5) is 0. The van der Waals surface area contributed by atoms with Crippen LogP contribution in [0.15, 0.2) is 18.2 Å². The Kier molecular flexibility index (Phi) is 5.94. The summed E-state index contributed by atoms with van der Waals surface area (Å²) < 4.78 is 0. The molecule has 0 saturated carbocycles. The van der Waals surface area contributed by atoms with Crippen LogP contribution in [0.1, 0.15) is 25.5 Å². The van der Waals surface area contributed by atoms with Crippen LogP contribution in [0.5, 0.6) is 0 Å². The third kappa shape index (κ3) is 3.82. The van der Waals surface area contributed by atoms with Gasteiger partial charge in [0.05, 0.1) is 16.1 Å². The topological polar surface area (TPSA) is 38.0 Å². The maximum absolute atomic E-state index is 6.15. The standard InChI is InChI=1S/C11H16Cl2N2S/c1-7(2)16-6-10(15-14)8-4-3-5-9(12)11(8)13/h3-5,7,10,15H,6,14H2,1-2H3. The SMILES string of the molecule is CC(C)SCC(NN)c1cccc(Cl)c1Cl. The Bertz CT molecular complexity index is 345. The molecule has 0 saturated heterocycles. The average molecular weight is 279 g/mol. The molecule has 0 aliphatic carbocycles. The summed E-state index contributed by atoms with van der Waals surface area (Å²) in [5, 5.41) is 1.71. The van der Waals surface area contributed by atoms with E-state index >= 15 is 0 Å². The second-order valence-electron chi connectivity index (χ2n) is 3.74. The molecule has 0 aliphatic heterocycles. The van der Waals surface area contributed by atoms with Gasteiger partial charge in [-0.3, -0.25) is 11.3 Å². The monoisotopic (exact) mass is 278 g/mol. The molecule has 1 rings (SSSR count). The first-order valence-electron chi connectivity index (χ1n) is 5.08. The Labute approximate surface area is 111 Å². The van der Waals surface area contributed by atoms with E-state index in [4.69, 9.17) is 29.0 Å². The zero-order chi connectivity index (χ0) is 12.1. The average Bonchev–Trinajstić information content (AvgIpc) is 2.24. The van der Waals surface area contributed by atoms with Crippen molar-refractivity contribution in [1.29, 1.82) is 0 Å². The number of hydrogen-bond acceptors (Lipinski definition) is 3. The smallest absolute Gasteiger partial charge is 0.0640 e. The quantitative estimate of drug-likeness (QED) is 0.638. The lowest BCUT2D eigenvalue weighted by molar-refractivity contribution is 0.610. The highest BCUT2D eigenvalue weighted by atomic mass is 35.5. The second-order valence-corrected chi connectivity index (χ2v) is 6.14. The molecule has 5 heteroatoms. The molecule has 3 N–H and O–H groups in total. The van der Waals surface area contributed by atoms with Crippen LogP contribution < -0.4 is 11.3 Å². The molecule has 0 fully saturated rings. The summed E-state index contributed by atoms with van der Waals surface area (Å²) in [6.07, 6.45) is 0. The largest absolute Gasteiger partial charge is 0.271 e. The van der Waals surface area contributed by atoms with E-state index in [2.05, 4.69) is 19.3 Å². The van der Waals surface area contributed by atoms with Crippen LogP contribution in [0.25, 0.3) is 0 Å². The first-order chi connectivity index (χ1) is 7.56. The van der Waals surface area contributed by atoms with Crippen molar-refractivity contribution < 1.29 is 0 Å². The van der Waals surface area contributed by atoms with Crippen LogP contribution in [0.3, 0.4) is 0 Å². The van der Waals surface area contributed by atoms with Crippen LogP contribution in [0.4, 0.5) is 0 Å². The summed E-state index contributed by atoms with van der Waals surface area (Å²) in [5.74, 6) is 6.41. The van der Waals surface area contributed by atoms with Gasteiger partial charge in [0.2, 0.25) is 0 Å². The summed E-state index contributed by atoms with van der Waals surface area (Å²) in [5.41, 5.74) is 3.73. The minimum Gasteiger partial charge on any atom is -0.271 e. The lowest BCUT2D eigenvalue weighted by Crippen LogP contribution is -2.30. The fourth-order valence-corrected chi connectivity index (χ4v) is 2.60. The third-order valence-electron chi connectivity index (χ3n) is 2.15. The normalized spacial score (nSPS) is 13.1. The van der Waals surface area contributed by atoms with Crippen LogP contribution >= 0.6 is 35.0 Å². The highest BCUT2D eigenvalue weighted by Gasteiger charge is 2.15. The molecule has 0 spiro atoms. The molecule has 0 radical (unpaired) electrons. The van der Waals surface area contributed by atoms with Crippen molar-refractivity contribution in [2.75, 3.05) is 5.75 Å². The molecule has 1 aromatic rings. The summed E-state index contributed by atoms with van der Waals surface area (Å²) in [6.45, 7) is 4.30. The minimum absolute atomic E-state index is 0.0265. The first-order valence-corrected chi connectivity index (χ1v) is 6.88. The number of benzene rings is 1. The minimum atomic E-state index is 0.0265. The van der Waals surface area contributed by atoms with Crippen LogP contribution in [-0.2, 0) is 0 Å². The molecule has 0 heterocycles. The maximum atomic E-state index is 6.15. The predicted molar refractivity (Wildman–Crippen MR) is 74.1 cm³/mol. The van der Waals surface area contributed by atoms with Crippen LogP contribution in [-0.4, -0.2) is 11.0 Å². The van der Waals surface area contributed by atoms with E-state index in [0.29, 0.717) is 15.3 Å². The molecular formula is C11H16Cl2N2S. The van der Waals surface area contributed by atoms with Gasteiger partial charge in [-0.05, 0) is 16.9 Å². The lowest BCUT2D eigenvalue weighted by Gasteiger charge is -2.18. The summed E-state index contributed by atoms with van der Waals surface area (Å²) >= 11 is 13.9. The molecule has 16 heavy (non-hydrogen) atoms. The molecule has 1 unspecified atom stereocenters. The van der Waals surface area contributed by atoms with Gasteiger partial charge in [0, 0.05) is 5.75 Å². The van der Waals surface area contributed by atoms with Gasteiger partial charge in [-0.15, -0.1) is 0 Å². The van der Waals surface area contributed by atoms with E-state index in [-0.39, 0.29) is 6.04 Å². The van der Waals surface area contributed by atoms with Gasteiger partial charge in [-0.25, -0.2) is 0 Å². The third-order valence-corrected chi connectivity index (χ3v) is 4.18. The number of hydrogen-bond donors (Lipinski definition) is 2. The summed E-state index contributed by atoms with van der Waals surface area (Å²) in [7, 11) is 0. The van der Waals surface area contributed by atoms with Crippen molar-refractivity contribution in [2.45, 2.75) is 25.1 Å². The zero-order valence-corrected chi connectivity index (χ0v) is 11.7.